The van der Waals surface area contributed by atoms with Crippen LogP contribution in [0.2, 0.25) is 0 Å². The number of anilines is 1. The van der Waals surface area contributed by atoms with Crippen LogP contribution in [-0.2, 0) is 9.53 Å². The molecule has 1 aromatic rings. The largest absolute Gasteiger partial charge is 0.481 e. The molecule has 5 heteroatoms. The van der Waals surface area contributed by atoms with E-state index in [0.717, 1.165) is 31.2 Å². The lowest BCUT2D eigenvalue weighted by Crippen LogP contribution is -2.46. The molecular weight excluding hydrogens is 256 g/mol. The summed E-state index contributed by atoms with van der Waals surface area (Å²) in [7, 11) is 3.19. The van der Waals surface area contributed by atoms with E-state index in [9.17, 15) is 4.79 Å². The number of methoxy groups -OCH3 is 2. The molecule has 0 bridgehead atoms. The molecule has 110 valence electrons. The van der Waals surface area contributed by atoms with Crippen LogP contribution in [0.25, 0.3) is 0 Å². The van der Waals surface area contributed by atoms with E-state index in [0.29, 0.717) is 11.6 Å². The number of hydrogen-bond donors (Lipinski definition) is 1. The third-order valence-electron chi connectivity index (χ3n) is 3.95. The van der Waals surface area contributed by atoms with Crippen LogP contribution in [0.4, 0.5) is 5.69 Å². The lowest BCUT2D eigenvalue weighted by Gasteiger charge is -2.34. The summed E-state index contributed by atoms with van der Waals surface area (Å²) in [4.78, 5) is 16.7. The molecule has 0 unspecified atom stereocenters. The Balaban J connectivity index is 2.12. The van der Waals surface area contributed by atoms with Crippen LogP contribution in [-0.4, -0.2) is 30.7 Å². The molecule has 0 spiro atoms. The van der Waals surface area contributed by atoms with E-state index in [1.807, 2.05) is 13.0 Å². The van der Waals surface area contributed by atoms with Gasteiger partial charge in [-0.2, -0.15) is 0 Å². The van der Waals surface area contributed by atoms with Gasteiger partial charge in [0.25, 0.3) is 5.91 Å². The maximum Gasteiger partial charge on any atom is 0.256 e. The third kappa shape index (κ3) is 2.93. The average Bonchev–Trinajstić information content (AvgIpc) is 2.48. The van der Waals surface area contributed by atoms with Crippen molar-refractivity contribution < 1.29 is 14.3 Å². The molecule has 5 nitrogen and oxygen atoms in total. The lowest BCUT2D eigenvalue weighted by atomic mass is 9.84. The second-order valence-corrected chi connectivity index (χ2v) is 5.26. The number of rotatable bonds is 4. The number of carbonyl (C=O) groups excluding carboxylic acids is 1. The van der Waals surface area contributed by atoms with Gasteiger partial charge >= 0.3 is 0 Å². The molecule has 1 aliphatic rings. The van der Waals surface area contributed by atoms with Crippen LogP contribution >= 0.6 is 0 Å². The smallest absolute Gasteiger partial charge is 0.256 e. The molecule has 1 N–H and O–H groups in total. The Hall–Kier alpha value is -1.62. The number of aryl methyl sites for hydroxylation is 1. The highest BCUT2D eigenvalue weighted by molar-refractivity contribution is 5.97. The number of ether oxygens (including phenoxy) is 2. The lowest BCUT2D eigenvalue weighted by molar-refractivity contribution is -0.141. The molecule has 1 fully saturated rings. The molecule has 1 saturated carbocycles. The van der Waals surface area contributed by atoms with E-state index in [1.54, 1.807) is 20.4 Å². The fourth-order valence-electron chi connectivity index (χ4n) is 2.74. The summed E-state index contributed by atoms with van der Waals surface area (Å²) in [6.07, 6.45) is 6.38. The van der Waals surface area contributed by atoms with Gasteiger partial charge in [0.2, 0.25) is 5.88 Å². The highest BCUT2D eigenvalue weighted by atomic mass is 16.5. The second kappa shape index (κ2) is 6.22. The van der Waals surface area contributed by atoms with E-state index >= 15 is 0 Å². The summed E-state index contributed by atoms with van der Waals surface area (Å²) in [5.41, 5.74) is 0.877. The van der Waals surface area contributed by atoms with Gasteiger partial charge in [0, 0.05) is 12.7 Å². The van der Waals surface area contributed by atoms with Gasteiger partial charge in [-0.15, -0.1) is 0 Å². The summed E-state index contributed by atoms with van der Waals surface area (Å²) in [5, 5.41) is 2.91. The summed E-state index contributed by atoms with van der Waals surface area (Å²) < 4.78 is 10.6. The molecular formula is C15H22N2O3. The van der Waals surface area contributed by atoms with Crippen LogP contribution in [0, 0.1) is 6.92 Å². The zero-order valence-corrected chi connectivity index (χ0v) is 12.4. The SMILES string of the molecule is COc1ncc(NC(=O)C2(OC)CCCCC2)cc1C. The Morgan fingerprint density at radius 3 is 2.55 bits per heavy atom. The highest BCUT2D eigenvalue weighted by Gasteiger charge is 2.39. The van der Waals surface area contributed by atoms with Crippen molar-refractivity contribution in [2.24, 2.45) is 0 Å². The zero-order chi connectivity index (χ0) is 14.6. The molecule has 2 rings (SSSR count). The average molecular weight is 278 g/mol. The second-order valence-electron chi connectivity index (χ2n) is 5.26. The van der Waals surface area contributed by atoms with Gasteiger partial charge in [0.05, 0.1) is 19.0 Å². The summed E-state index contributed by atoms with van der Waals surface area (Å²) >= 11 is 0. The molecule has 0 saturated heterocycles. The first kappa shape index (κ1) is 14.8. The van der Waals surface area contributed by atoms with Crippen molar-refractivity contribution in [2.75, 3.05) is 19.5 Å². The van der Waals surface area contributed by atoms with Crippen LogP contribution in [0.1, 0.15) is 37.7 Å². The standard InChI is InChI=1S/C15H22N2O3/c1-11-9-12(10-16-13(11)19-2)17-14(18)15(20-3)7-5-4-6-8-15/h9-10H,4-8H2,1-3H3,(H,17,18). The third-order valence-corrected chi connectivity index (χ3v) is 3.95. The van der Waals surface area contributed by atoms with E-state index in [1.165, 1.54) is 6.42 Å². The molecule has 1 aliphatic carbocycles. The number of nitrogens with one attached hydrogen (secondary N) is 1. The molecule has 20 heavy (non-hydrogen) atoms. The normalized spacial score (nSPS) is 17.6. The van der Waals surface area contributed by atoms with Crippen molar-refractivity contribution >= 4 is 11.6 Å². The maximum atomic E-state index is 12.5. The van der Waals surface area contributed by atoms with Crippen molar-refractivity contribution in [3.05, 3.63) is 17.8 Å². The van der Waals surface area contributed by atoms with Gasteiger partial charge in [-0.05, 0) is 25.8 Å². The van der Waals surface area contributed by atoms with E-state index < -0.39 is 5.60 Å². The van der Waals surface area contributed by atoms with Crippen molar-refractivity contribution in [2.45, 2.75) is 44.6 Å². The Kier molecular flexibility index (Phi) is 4.60. The highest BCUT2D eigenvalue weighted by Crippen LogP contribution is 2.32. The van der Waals surface area contributed by atoms with Crippen LogP contribution in [0.5, 0.6) is 5.88 Å². The van der Waals surface area contributed by atoms with Crippen molar-refractivity contribution in [1.29, 1.82) is 0 Å². The van der Waals surface area contributed by atoms with Gasteiger partial charge in [0.1, 0.15) is 5.60 Å². The Morgan fingerprint density at radius 2 is 2.00 bits per heavy atom. The number of aromatic nitrogens is 1. The molecule has 0 aromatic carbocycles. The Morgan fingerprint density at radius 1 is 1.30 bits per heavy atom. The molecule has 1 heterocycles. The number of nitrogens with zero attached hydrogens (tertiary/aromatic N) is 1. The molecule has 0 atom stereocenters. The Bertz CT molecular complexity index is 482. The summed E-state index contributed by atoms with van der Waals surface area (Å²) in [5.74, 6) is 0.494. The molecule has 0 radical (unpaired) electrons. The minimum absolute atomic E-state index is 0.0777. The van der Waals surface area contributed by atoms with Crippen LogP contribution in [0.15, 0.2) is 12.3 Å². The topological polar surface area (TPSA) is 60.5 Å². The molecule has 1 amide bonds. The van der Waals surface area contributed by atoms with Gasteiger partial charge in [-0.1, -0.05) is 19.3 Å². The van der Waals surface area contributed by atoms with Crippen molar-refractivity contribution in [3.63, 3.8) is 0 Å². The van der Waals surface area contributed by atoms with Crippen molar-refractivity contribution in [3.8, 4) is 5.88 Å². The number of carbonyl (C=O) groups is 1. The van der Waals surface area contributed by atoms with Crippen LogP contribution in [0.3, 0.4) is 0 Å². The summed E-state index contributed by atoms with van der Waals surface area (Å²) in [6.45, 7) is 1.90. The predicted molar refractivity (Wildman–Crippen MR) is 77.0 cm³/mol. The van der Waals surface area contributed by atoms with Crippen molar-refractivity contribution in [1.82, 2.24) is 4.98 Å². The first-order chi connectivity index (χ1) is 9.61. The van der Waals surface area contributed by atoms with Gasteiger partial charge < -0.3 is 14.8 Å². The van der Waals surface area contributed by atoms with E-state index in [4.69, 9.17) is 9.47 Å². The monoisotopic (exact) mass is 278 g/mol. The fourth-order valence-corrected chi connectivity index (χ4v) is 2.74. The maximum absolute atomic E-state index is 12.5. The van der Waals surface area contributed by atoms with Gasteiger partial charge in [-0.25, -0.2) is 4.98 Å². The van der Waals surface area contributed by atoms with Gasteiger partial charge in [-0.3, -0.25) is 4.79 Å². The number of amides is 1. The molecule has 0 aliphatic heterocycles. The van der Waals surface area contributed by atoms with E-state index in [2.05, 4.69) is 10.3 Å². The first-order valence-electron chi connectivity index (χ1n) is 6.98. The minimum Gasteiger partial charge on any atom is -0.481 e. The fraction of sp³-hybridized carbons (Fsp3) is 0.600. The van der Waals surface area contributed by atoms with E-state index in [-0.39, 0.29) is 5.91 Å². The minimum atomic E-state index is -0.688. The van der Waals surface area contributed by atoms with Gasteiger partial charge in [0.15, 0.2) is 0 Å². The number of hydrogen-bond acceptors (Lipinski definition) is 4. The predicted octanol–water partition coefficient (Wildman–Crippen LogP) is 2.69. The van der Waals surface area contributed by atoms with Crippen LogP contribution < -0.4 is 10.1 Å². The quantitative estimate of drug-likeness (QED) is 0.920. The Labute approximate surface area is 119 Å². The first-order valence-corrected chi connectivity index (χ1v) is 6.98. The molecule has 1 aromatic heterocycles. The number of pyridine rings is 1. The summed E-state index contributed by atoms with van der Waals surface area (Å²) in [6, 6.07) is 1.86. The zero-order valence-electron chi connectivity index (χ0n) is 12.4.